The number of aromatic nitrogens is 1. The zero-order valence-corrected chi connectivity index (χ0v) is 15.2. The molecule has 0 bridgehead atoms. The number of pyridine rings is 1. The first-order valence-electron chi connectivity index (χ1n) is 8.06. The number of hydrogen-bond donors (Lipinski definition) is 2. The number of aromatic hydroxyl groups is 1. The number of halogens is 1. The van der Waals surface area contributed by atoms with Crippen LogP contribution in [0.15, 0.2) is 59.4 Å². The van der Waals surface area contributed by atoms with Crippen LogP contribution in [0.2, 0.25) is 5.02 Å². The van der Waals surface area contributed by atoms with Gasteiger partial charge in [-0.25, -0.2) is 0 Å². The second-order valence-electron chi connectivity index (χ2n) is 5.79. The summed E-state index contributed by atoms with van der Waals surface area (Å²) in [5, 5.41) is 10.9. The predicted molar refractivity (Wildman–Crippen MR) is 107 cm³/mol. The van der Waals surface area contributed by atoms with E-state index in [0.29, 0.717) is 27.4 Å². The summed E-state index contributed by atoms with van der Waals surface area (Å²) < 4.78 is 5.02. The Kier molecular flexibility index (Phi) is 5.43. The molecule has 1 heterocycles. The minimum atomic E-state index is -0.305. The van der Waals surface area contributed by atoms with Gasteiger partial charge in [-0.05, 0) is 59.5 Å². The average molecular weight is 382 g/mol. The number of carbonyl (C=O) groups excluding carboxylic acids is 1. The Balaban J connectivity index is 1.78. The van der Waals surface area contributed by atoms with E-state index < -0.39 is 0 Å². The third kappa shape index (κ3) is 4.46. The zero-order valence-electron chi connectivity index (χ0n) is 14.4. The van der Waals surface area contributed by atoms with Crippen LogP contribution in [0.1, 0.15) is 11.1 Å². The number of methoxy groups -OCH3 is 1. The molecule has 0 aliphatic carbocycles. The summed E-state index contributed by atoms with van der Waals surface area (Å²) in [6, 6.07) is 11.7. The molecule has 2 aromatic carbocycles. The molecule has 0 saturated carbocycles. The fraction of sp³-hybridized carbons (Fsp3) is 0.0476. The number of benzene rings is 2. The Morgan fingerprint density at radius 1 is 1.11 bits per heavy atom. The van der Waals surface area contributed by atoms with Gasteiger partial charge in [0.1, 0.15) is 0 Å². The van der Waals surface area contributed by atoms with Gasteiger partial charge >= 0.3 is 0 Å². The van der Waals surface area contributed by atoms with E-state index in [9.17, 15) is 14.7 Å². The van der Waals surface area contributed by atoms with Crippen LogP contribution in [0.4, 0.5) is 0 Å². The molecule has 0 spiro atoms. The molecule has 1 aromatic heterocycles. The molecule has 0 atom stereocenters. The first-order valence-corrected chi connectivity index (χ1v) is 8.44. The third-order valence-electron chi connectivity index (χ3n) is 3.91. The highest BCUT2D eigenvalue weighted by Gasteiger charge is 2.03. The number of carbonyl (C=O) groups is 1. The lowest BCUT2D eigenvalue weighted by molar-refractivity contribution is -0.110. The van der Waals surface area contributed by atoms with Crippen LogP contribution >= 0.6 is 11.6 Å². The molecule has 0 aliphatic heterocycles. The van der Waals surface area contributed by atoms with Crippen molar-refractivity contribution in [3.8, 4) is 11.5 Å². The number of rotatable bonds is 5. The number of phenolic OH excluding ortho intramolecular Hbond substituents is 1. The van der Waals surface area contributed by atoms with E-state index in [2.05, 4.69) is 4.98 Å². The second-order valence-corrected chi connectivity index (χ2v) is 6.22. The molecule has 5 nitrogen and oxygen atoms in total. The molecule has 136 valence electrons. The predicted octanol–water partition coefficient (Wildman–Crippen LogP) is 4.19. The molecule has 27 heavy (non-hydrogen) atoms. The lowest BCUT2D eigenvalue weighted by Crippen LogP contribution is -2.08. The van der Waals surface area contributed by atoms with Crippen molar-refractivity contribution in [1.82, 2.24) is 4.98 Å². The standard InChI is InChI=1S/C21H16ClNO4/c1-27-20-10-13(3-9-19(20)25)2-7-17(24)8-5-15-11-14-4-6-16(22)12-18(14)23-21(15)26/h2-12,25H,1H3,(H,23,26)/b7-2+,8-5+. The maximum absolute atomic E-state index is 12.1. The van der Waals surface area contributed by atoms with Crippen LogP contribution in [0.5, 0.6) is 11.5 Å². The number of allylic oxidation sites excluding steroid dienone is 2. The lowest BCUT2D eigenvalue weighted by atomic mass is 10.1. The molecule has 3 aromatic rings. The highest BCUT2D eigenvalue weighted by molar-refractivity contribution is 6.31. The Bertz CT molecular complexity index is 1130. The Hall–Kier alpha value is -3.31. The highest BCUT2D eigenvalue weighted by atomic mass is 35.5. The minimum Gasteiger partial charge on any atom is -0.504 e. The van der Waals surface area contributed by atoms with Gasteiger partial charge in [-0.1, -0.05) is 29.8 Å². The van der Waals surface area contributed by atoms with Crippen molar-refractivity contribution < 1.29 is 14.6 Å². The quantitative estimate of drug-likeness (QED) is 0.649. The van der Waals surface area contributed by atoms with Crippen molar-refractivity contribution in [3.05, 3.63) is 81.1 Å². The average Bonchev–Trinajstić information content (AvgIpc) is 2.65. The fourth-order valence-electron chi connectivity index (χ4n) is 2.52. The van der Waals surface area contributed by atoms with E-state index in [-0.39, 0.29) is 17.1 Å². The van der Waals surface area contributed by atoms with Gasteiger partial charge < -0.3 is 14.8 Å². The summed E-state index contributed by atoms with van der Waals surface area (Å²) in [5.41, 5.74) is 1.41. The van der Waals surface area contributed by atoms with Crippen molar-refractivity contribution in [2.24, 2.45) is 0 Å². The molecule has 6 heteroatoms. The number of hydrogen-bond acceptors (Lipinski definition) is 4. The Morgan fingerprint density at radius 3 is 2.67 bits per heavy atom. The number of phenols is 1. The summed E-state index contributed by atoms with van der Waals surface area (Å²) in [6.07, 6.45) is 5.76. The van der Waals surface area contributed by atoms with Crippen molar-refractivity contribution in [1.29, 1.82) is 0 Å². The van der Waals surface area contributed by atoms with Gasteiger partial charge in [0.2, 0.25) is 0 Å². The first kappa shape index (κ1) is 18.5. The topological polar surface area (TPSA) is 79.4 Å². The van der Waals surface area contributed by atoms with Gasteiger partial charge in [0.25, 0.3) is 5.56 Å². The zero-order chi connectivity index (χ0) is 19.4. The molecule has 0 saturated heterocycles. The summed E-state index contributed by atoms with van der Waals surface area (Å²) in [4.78, 5) is 26.9. The summed E-state index contributed by atoms with van der Waals surface area (Å²) in [6.45, 7) is 0. The fourth-order valence-corrected chi connectivity index (χ4v) is 2.69. The smallest absolute Gasteiger partial charge is 0.255 e. The number of fused-ring (bicyclic) bond motifs is 1. The van der Waals surface area contributed by atoms with Crippen LogP contribution in [-0.2, 0) is 4.79 Å². The molecule has 0 amide bonds. The molecule has 0 aliphatic rings. The second kappa shape index (κ2) is 7.93. The Morgan fingerprint density at radius 2 is 1.89 bits per heavy atom. The van der Waals surface area contributed by atoms with E-state index in [0.717, 1.165) is 5.39 Å². The van der Waals surface area contributed by atoms with Crippen LogP contribution in [-0.4, -0.2) is 23.0 Å². The maximum atomic E-state index is 12.1. The van der Waals surface area contributed by atoms with Gasteiger partial charge in [0.15, 0.2) is 17.3 Å². The van der Waals surface area contributed by atoms with Gasteiger partial charge in [-0.2, -0.15) is 0 Å². The van der Waals surface area contributed by atoms with Gasteiger partial charge in [-0.3, -0.25) is 9.59 Å². The number of aromatic amines is 1. The normalized spacial score (nSPS) is 11.5. The molecule has 0 radical (unpaired) electrons. The van der Waals surface area contributed by atoms with Gasteiger partial charge in [0.05, 0.1) is 7.11 Å². The van der Waals surface area contributed by atoms with Crippen molar-refractivity contribution >= 4 is 40.4 Å². The summed E-state index contributed by atoms with van der Waals surface area (Å²) in [7, 11) is 1.45. The van der Waals surface area contributed by atoms with E-state index in [1.165, 1.54) is 31.4 Å². The van der Waals surface area contributed by atoms with E-state index >= 15 is 0 Å². The van der Waals surface area contributed by atoms with E-state index in [4.69, 9.17) is 16.3 Å². The molecular formula is C21H16ClNO4. The van der Waals surface area contributed by atoms with E-state index in [1.54, 1.807) is 42.5 Å². The molecule has 0 unspecified atom stereocenters. The third-order valence-corrected chi connectivity index (χ3v) is 4.14. The van der Waals surface area contributed by atoms with Crippen LogP contribution in [0, 0.1) is 0 Å². The van der Waals surface area contributed by atoms with Crippen molar-refractivity contribution in [3.63, 3.8) is 0 Å². The van der Waals surface area contributed by atoms with E-state index in [1.807, 2.05) is 0 Å². The molecule has 2 N–H and O–H groups in total. The van der Waals surface area contributed by atoms with Crippen molar-refractivity contribution in [2.75, 3.05) is 7.11 Å². The monoisotopic (exact) mass is 381 g/mol. The summed E-state index contributed by atoms with van der Waals surface area (Å²) >= 11 is 5.92. The minimum absolute atomic E-state index is 0.0256. The van der Waals surface area contributed by atoms with Crippen LogP contribution in [0.3, 0.4) is 0 Å². The molecule has 0 fully saturated rings. The number of nitrogens with one attached hydrogen (secondary N) is 1. The number of ketones is 1. The summed E-state index contributed by atoms with van der Waals surface area (Å²) in [5.74, 6) is 0.0678. The maximum Gasteiger partial charge on any atom is 0.255 e. The molecular weight excluding hydrogens is 366 g/mol. The van der Waals surface area contributed by atoms with Gasteiger partial charge in [0, 0.05) is 16.1 Å². The largest absolute Gasteiger partial charge is 0.504 e. The highest BCUT2D eigenvalue weighted by Crippen LogP contribution is 2.26. The van der Waals surface area contributed by atoms with Crippen molar-refractivity contribution in [2.45, 2.75) is 0 Å². The Labute approximate surface area is 160 Å². The molecule has 3 rings (SSSR count). The van der Waals surface area contributed by atoms with Crippen LogP contribution in [0.25, 0.3) is 23.1 Å². The lowest BCUT2D eigenvalue weighted by Gasteiger charge is -2.03. The van der Waals surface area contributed by atoms with Crippen LogP contribution < -0.4 is 10.3 Å². The number of ether oxygens (including phenoxy) is 1. The van der Waals surface area contributed by atoms with Gasteiger partial charge in [-0.15, -0.1) is 0 Å². The first-order chi connectivity index (χ1) is 13.0. The SMILES string of the molecule is COc1cc(/C=C/C(=O)/C=C/c2cc3ccc(Cl)cc3[nH]c2=O)ccc1O. The number of H-pyrrole nitrogens is 1.